The van der Waals surface area contributed by atoms with Crippen LogP contribution >= 0.6 is 11.6 Å². The molecule has 2 fully saturated rings. The molecule has 7 nitrogen and oxygen atoms in total. The minimum absolute atomic E-state index is 0.0134. The van der Waals surface area contributed by atoms with Gasteiger partial charge in [0.2, 0.25) is 11.8 Å². The van der Waals surface area contributed by atoms with Crippen LogP contribution in [0.3, 0.4) is 0 Å². The second kappa shape index (κ2) is 7.95. The highest BCUT2D eigenvalue weighted by Crippen LogP contribution is 2.49. The number of methoxy groups -OCH3 is 1. The van der Waals surface area contributed by atoms with E-state index in [1.807, 2.05) is 18.7 Å². The van der Waals surface area contributed by atoms with Gasteiger partial charge in [-0.2, -0.15) is 0 Å². The molecule has 3 heterocycles. The Kier molecular flexibility index (Phi) is 5.53. The first-order chi connectivity index (χ1) is 13.9. The average Bonchev–Trinajstić information content (AvgIpc) is 3.33. The largest absolute Gasteiger partial charge is 0.496 e. The molecule has 1 atom stereocenters. The lowest BCUT2D eigenvalue weighted by Crippen LogP contribution is -2.37. The van der Waals surface area contributed by atoms with E-state index in [2.05, 4.69) is 10.2 Å². The van der Waals surface area contributed by atoms with Crippen molar-refractivity contribution >= 4 is 17.5 Å². The SMILES string of the molecule is COc1ccc(Cl)cc1C(=O)N1CC(c2nnc(C(C)C)o2)C2(CCOCC2)C1. The van der Waals surface area contributed by atoms with Gasteiger partial charge in [-0.25, -0.2) is 0 Å². The molecule has 8 heteroatoms. The summed E-state index contributed by atoms with van der Waals surface area (Å²) in [6, 6.07) is 5.10. The van der Waals surface area contributed by atoms with Crippen molar-refractivity contribution in [1.29, 1.82) is 0 Å². The fraction of sp³-hybridized carbons (Fsp3) is 0.571. The summed E-state index contributed by atoms with van der Waals surface area (Å²) < 4.78 is 17.0. The van der Waals surface area contributed by atoms with Crippen LogP contribution in [0.1, 0.15) is 60.7 Å². The molecule has 2 saturated heterocycles. The molecule has 2 aromatic rings. The normalized spacial score (nSPS) is 21.1. The van der Waals surface area contributed by atoms with Crippen molar-refractivity contribution in [1.82, 2.24) is 15.1 Å². The molecule has 29 heavy (non-hydrogen) atoms. The van der Waals surface area contributed by atoms with E-state index in [1.54, 1.807) is 25.3 Å². The molecule has 0 radical (unpaired) electrons. The molecular formula is C21H26ClN3O4. The zero-order valence-corrected chi connectivity index (χ0v) is 17.7. The maximum absolute atomic E-state index is 13.4. The maximum Gasteiger partial charge on any atom is 0.257 e. The van der Waals surface area contributed by atoms with E-state index in [-0.39, 0.29) is 23.2 Å². The Bertz CT molecular complexity index is 892. The van der Waals surface area contributed by atoms with Gasteiger partial charge in [-0.3, -0.25) is 4.79 Å². The number of nitrogens with zero attached hydrogens (tertiary/aromatic N) is 3. The third-order valence-corrected chi connectivity index (χ3v) is 6.30. The van der Waals surface area contributed by atoms with Gasteiger partial charge in [-0.15, -0.1) is 10.2 Å². The van der Waals surface area contributed by atoms with E-state index >= 15 is 0 Å². The van der Waals surface area contributed by atoms with Gasteiger partial charge < -0.3 is 18.8 Å². The summed E-state index contributed by atoms with van der Waals surface area (Å²) >= 11 is 6.15. The Morgan fingerprint density at radius 1 is 1.31 bits per heavy atom. The van der Waals surface area contributed by atoms with Crippen LogP contribution in [0.2, 0.25) is 5.02 Å². The first-order valence-corrected chi connectivity index (χ1v) is 10.3. The molecule has 2 aliphatic rings. The van der Waals surface area contributed by atoms with Crippen LogP contribution in [-0.4, -0.2) is 54.4 Å². The molecule has 1 amide bonds. The molecule has 0 saturated carbocycles. The van der Waals surface area contributed by atoms with Gasteiger partial charge in [0.25, 0.3) is 5.91 Å². The lowest BCUT2D eigenvalue weighted by Gasteiger charge is -2.36. The first-order valence-electron chi connectivity index (χ1n) is 9.97. The second-order valence-corrected chi connectivity index (χ2v) is 8.63. The molecule has 4 rings (SSSR count). The Hall–Kier alpha value is -2.12. The molecule has 1 unspecified atom stereocenters. The monoisotopic (exact) mass is 419 g/mol. The minimum Gasteiger partial charge on any atom is -0.496 e. The average molecular weight is 420 g/mol. The van der Waals surface area contributed by atoms with E-state index in [0.29, 0.717) is 54.4 Å². The number of hydrogen-bond donors (Lipinski definition) is 0. The number of benzene rings is 1. The molecular weight excluding hydrogens is 394 g/mol. The zero-order valence-electron chi connectivity index (χ0n) is 17.0. The Morgan fingerprint density at radius 3 is 2.72 bits per heavy atom. The molecule has 156 valence electrons. The zero-order chi connectivity index (χ0) is 20.6. The van der Waals surface area contributed by atoms with Gasteiger partial charge in [-0.1, -0.05) is 25.4 Å². The molecule has 0 bridgehead atoms. The van der Waals surface area contributed by atoms with Gasteiger partial charge >= 0.3 is 0 Å². The number of ether oxygens (including phenoxy) is 2. The molecule has 0 N–H and O–H groups in total. The summed E-state index contributed by atoms with van der Waals surface area (Å²) in [5, 5.41) is 9.06. The third kappa shape index (κ3) is 3.73. The van der Waals surface area contributed by atoms with Crippen LogP contribution in [0, 0.1) is 5.41 Å². The van der Waals surface area contributed by atoms with Crippen LogP contribution in [0.5, 0.6) is 5.75 Å². The van der Waals surface area contributed by atoms with Crippen molar-refractivity contribution in [3.05, 3.63) is 40.6 Å². The minimum atomic E-state index is -0.125. The van der Waals surface area contributed by atoms with E-state index in [1.165, 1.54) is 0 Å². The van der Waals surface area contributed by atoms with Crippen molar-refractivity contribution < 1.29 is 18.7 Å². The highest BCUT2D eigenvalue weighted by atomic mass is 35.5. The number of halogens is 1. The lowest BCUT2D eigenvalue weighted by atomic mass is 9.72. The smallest absolute Gasteiger partial charge is 0.257 e. The standard InChI is InChI=1S/C21H26ClN3O4/c1-13(2)18-23-24-19(29-18)16-11-25(12-21(16)6-8-28-9-7-21)20(26)15-10-14(22)4-5-17(15)27-3/h4-5,10,13,16H,6-9,11-12H2,1-3H3. The van der Waals surface area contributed by atoms with Gasteiger partial charge in [0.15, 0.2) is 0 Å². The second-order valence-electron chi connectivity index (χ2n) is 8.19. The summed E-state index contributed by atoms with van der Waals surface area (Å²) in [6.45, 7) is 6.53. The van der Waals surface area contributed by atoms with E-state index < -0.39 is 0 Å². The first kappa shape index (κ1) is 20.2. The lowest BCUT2D eigenvalue weighted by molar-refractivity contribution is 0.00886. The molecule has 1 spiro atoms. The third-order valence-electron chi connectivity index (χ3n) is 6.06. The maximum atomic E-state index is 13.4. The molecule has 0 aliphatic carbocycles. The van der Waals surface area contributed by atoms with E-state index in [0.717, 1.165) is 12.8 Å². The summed E-state index contributed by atoms with van der Waals surface area (Å²) in [5.74, 6) is 1.81. The summed E-state index contributed by atoms with van der Waals surface area (Å²) in [6.07, 6.45) is 1.71. The van der Waals surface area contributed by atoms with Crippen molar-refractivity contribution in [3.63, 3.8) is 0 Å². The fourth-order valence-electron chi connectivity index (χ4n) is 4.39. The number of carbonyl (C=O) groups excluding carboxylic acids is 1. The summed E-state index contributed by atoms with van der Waals surface area (Å²) in [5.41, 5.74) is 0.344. The Balaban J connectivity index is 1.66. The number of rotatable bonds is 4. The Morgan fingerprint density at radius 2 is 2.07 bits per heavy atom. The molecule has 2 aliphatic heterocycles. The van der Waals surface area contributed by atoms with Gasteiger partial charge in [0.1, 0.15) is 5.75 Å². The number of amides is 1. The number of carbonyl (C=O) groups is 1. The van der Waals surface area contributed by atoms with Crippen LogP contribution in [0.15, 0.2) is 22.6 Å². The fourth-order valence-corrected chi connectivity index (χ4v) is 4.56. The number of likely N-dealkylation sites (tertiary alicyclic amines) is 1. The number of aromatic nitrogens is 2. The van der Waals surface area contributed by atoms with Crippen LogP contribution in [-0.2, 0) is 4.74 Å². The topological polar surface area (TPSA) is 77.7 Å². The highest BCUT2D eigenvalue weighted by molar-refractivity contribution is 6.31. The van der Waals surface area contributed by atoms with E-state index in [4.69, 9.17) is 25.5 Å². The van der Waals surface area contributed by atoms with Crippen molar-refractivity contribution in [3.8, 4) is 5.75 Å². The molecule has 1 aromatic carbocycles. The van der Waals surface area contributed by atoms with Crippen molar-refractivity contribution in [2.75, 3.05) is 33.4 Å². The van der Waals surface area contributed by atoms with Crippen LogP contribution in [0.4, 0.5) is 0 Å². The van der Waals surface area contributed by atoms with Crippen LogP contribution < -0.4 is 4.74 Å². The highest BCUT2D eigenvalue weighted by Gasteiger charge is 2.51. The van der Waals surface area contributed by atoms with Gasteiger partial charge in [0, 0.05) is 42.7 Å². The van der Waals surface area contributed by atoms with Crippen molar-refractivity contribution in [2.24, 2.45) is 5.41 Å². The summed E-state index contributed by atoms with van der Waals surface area (Å²) in [7, 11) is 1.55. The quantitative estimate of drug-likeness (QED) is 0.748. The van der Waals surface area contributed by atoms with Gasteiger partial charge in [0.05, 0.1) is 18.6 Å². The predicted octanol–water partition coefficient (Wildman–Crippen LogP) is 3.89. The van der Waals surface area contributed by atoms with Gasteiger partial charge in [-0.05, 0) is 31.0 Å². The predicted molar refractivity (Wildman–Crippen MR) is 108 cm³/mol. The van der Waals surface area contributed by atoms with E-state index in [9.17, 15) is 4.79 Å². The number of hydrogen-bond acceptors (Lipinski definition) is 6. The Labute approximate surface area is 175 Å². The summed E-state index contributed by atoms with van der Waals surface area (Å²) in [4.78, 5) is 15.2. The van der Waals surface area contributed by atoms with Crippen LogP contribution in [0.25, 0.3) is 0 Å². The molecule has 1 aromatic heterocycles. The van der Waals surface area contributed by atoms with Crippen molar-refractivity contribution in [2.45, 2.75) is 38.5 Å².